The number of carbonyl (C=O) groups is 2. The largest absolute Gasteiger partial charge is 0.497 e. The topological polar surface area (TPSA) is 61.9 Å². The van der Waals surface area contributed by atoms with Gasteiger partial charge in [0.25, 0.3) is 0 Å². The summed E-state index contributed by atoms with van der Waals surface area (Å²) in [4.78, 5) is 28.7. The van der Waals surface area contributed by atoms with Gasteiger partial charge in [-0.2, -0.15) is 0 Å². The van der Waals surface area contributed by atoms with Gasteiger partial charge in [0.15, 0.2) is 0 Å². The summed E-state index contributed by atoms with van der Waals surface area (Å²) in [5.74, 6) is 1.09. The van der Waals surface area contributed by atoms with Gasteiger partial charge in [0.2, 0.25) is 11.8 Å². The molecule has 1 heterocycles. The summed E-state index contributed by atoms with van der Waals surface area (Å²) in [5.41, 5.74) is 0.873. The standard InChI is InChI=1S/C22H35N3O3/c1-22(2,3)21(27)23-12-5-7-20(26)25-14-6-13-24(15-16-25)17-18-8-10-19(28-4)11-9-18/h8-11H,5-7,12-17H2,1-4H3,(H,23,27). The molecule has 1 saturated heterocycles. The maximum absolute atomic E-state index is 12.5. The minimum Gasteiger partial charge on any atom is -0.497 e. The van der Waals surface area contributed by atoms with Gasteiger partial charge in [-0.05, 0) is 30.5 Å². The van der Waals surface area contributed by atoms with Crippen molar-refractivity contribution in [3.63, 3.8) is 0 Å². The van der Waals surface area contributed by atoms with E-state index in [9.17, 15) is 9.59 Å². The summed E-state index contributed by atoms with van der Waals surface area (Å²) in [5, 5.41) is 2.91. The van der Waals surface area contributed by atoms with Crippen LogP contribution in [0.25, 0.3) is 0 Å². The zero-order valence-electron chi connectivity index (χ0n) is 17.8. The average molecular weight is 390 g/mol. The van der Waals surface area contributed by atoms with Crippen LogP contribution in [-0.2, 0) is 16.1 Å². The zero-order chi connectivity index (χ0) is 20.6. The molecule has 1 fully saturated rings. The van der Waals surface area contributed by atoms with Crippen molar-refractivity contribution in [2.45, 2.75) is 46.6 Å². The van der Waals surface area contributed by atoms with Gasteiger partial charge in [-0.25, -0.2) is 0 Å². The molecule has 6 nitrogen and oxygen atoms in total. The van der Waals surface area contributed by atoms with Crippen molar-refractivity contribution in [2.24, 2.45) is 5.41 Å². The Bertz CT molecular complexity index is 637. The molecule has 0 spiro atoms. The van der Waals surface area contributed by atoms with Crippen LogP contribution in [0.15, 0.2) is 24.3 Å². The Morgan fingerprint density at radius 3 is 2.43 bits per heavy atom. The molecule has 2 amide bonds. The summed E-state index contributed by atoms with van der Waals surface area (Å²) in [6.45, 7) is 10.6. The van der Waals surface area contributed by atoms with Gasteiger partial charge in [0.1, 0.15) is 5.75 Å². The van der Waals surface area contributed by atoms with Gasteiger partial charge in [0.05, 0.1) is 7.11 Å². The van der Waals surface area contributed by atoms with E-state index in [0.29, 0.717) is 19.4 Å². The third-order valence-corrected chi connectivity index (χ3v) is 5.04. The predicted molar refractivity (Wildman–Crippen MR) is 111 cm³/mol. The van der Waals surface area contributed by atoms with Gasteiger partial charge in [0, 0.05) is 51.1 Å². The second kappa shape index (κ2) is 10.5. The van der Waals surface area contributed by atoms with Crippen LogP contribution in [-0.4, -0.2) is 61.4 Å². The number of benzene rings is 1. The summed E-state index contributed by atoms with van der Waals surface area (Å²) in [6.07, 6.45) is 2.16. The molecule has 1 aliphatic rings. The number of methoxy groups -OCH3 is 1. The van der Waals surface area contributed by atoms with Crippen molar-refractivity contribution in [1.82, 2.24) is 15.1 Å². The number of rotatable bonds is 7. The van der Waals surface area contributed by atoms with Crippen molar-refractivity contribution in [3.05, 3.63) is 29.8 Å². The first kappa shape index (κ1) is 22.2. The highest BCUT2D eigenvalue weighted by Gasteiger charge is 2.21. The highest BCUT2D eigenvalue weighted by molar-refractivity contribution is 5.81. The average Bonchev–Trinajstić information content (AvgIpc) is 2.90. The highest BCUT2D eigenvalue weighted by atomic mass is 16.5. The second-order valence-corrected chi connectivity index (χ2v) is 8.47. The number of carbonyl (C=O) groups excluding carboxylic acids is 2. The monoisotopic (exact) mass is 389 g/mol. The van der Waals surface area contributed by atoms with E-state index in [1.165, 1.54) is 5.56 Å². The van der Waals surface area contributed by atoms with Gasteiger partial charge in [-0.1, -0.05) is 32.9 Å². The van der Waals surface area contributed by atoms with E-state index in [1.807, 2.05) is 37.8 Å². The van der Waals surface area contributed by atoms with Gasteiger partial charge >= 0.3 is 0 Å². The third kappa shape index (κ3) is 7.15. The first-order valence-corrected chi connectivity index (χ1v) is 10.2. The Kier molecular flexibility index (Phi) is 8.30. The van der Waals surface area contributed by atoms with Crippen molar-refractivity contribution < 1.29 is 14.3 Å². The molecule has 1 aliphatic heterocycles. The van der Waals surface area contributed by atoms with Crippen molar-refractivity contribution in [2.75, 3.05) is 39.8 Å². The minimum atomic E-state index is -0.387. The molecule has 2 rings (SSSR count). The van der Waals surface area contributed by atoms with Gasteiger partial charge in [-0.15, -0.1) is 0 Å². The molecule has 0 aromatic heterocycles. The lowest BCUT2D eigenvalue weighted by Gasteiger charge is -2.22. The first-order chi connectivity index (χ1) is 13.3. The predicted octanol–water partition coefficient (Wildman–Crippen LogP) is 2.67. The number of hydrogen-bond donors (Lipinski definition) is 1. The lowest BCUT2D eigenvalue weighted by molar-refractivity contribution is -0.132. The molecule has 6 heteroatoms. The smallest absolute Gasteiger partial charge is 0.225 e. The maximum atomic E-state index is 12.5. The van der Waals surface area contributed by atoms with Crippen LogP contribution in [0, 0.1) is 5.41 Å². The normalized spacial score (nSPS) is 15.8. The van der Waals surface area contributed by atoms with E-state index in [1.54, 1.807) is 7.11 Å². The van der Waals surface area contributed by atoms with E-state index in [0.717, 1.165) is 44.9 Å². The molecule has 1 aromatic carbocycles. The third-order valence-electron chi connectivity index (χ3n) is 5.04. The number of hydrogen-bond acceptors (Lipinski definition) is 4. The molecule has 0 aliphatic carbocycles. The Balaban J connectivity index is 1.71. The quantitative estimate of drug-likeness (QED) is 0.729. The minimum absolute atomic E-state index is 0.0314. The molecule has 0 radical (unpaired) electrons. The van der Waals surface area contributed by atoms with Crippen molar-refractivity contribution in [3.8, 4) is 5.75 Å². The Hall–Kier alpha value is -2.08. The number of ether oxygens (including phenoxy) is 1. The maximum Gasteiger partial charge on any atom is 0.225 e. The van der Waals surface area contributed by atoms with Crippen LogP contribution in [0.4, 0.5) is 0 Å². The van der Waals surface area contributed by atoms with E-state index < -0.39 is 0 Å². The van der Waals surface area contributed by atoms with Crippen molar-refractivity contribution in [1.29, 1.82) is 0 Å². The second-order valence-electron chi connectivity index (χ2n) is 8.47. The lowest BCUT2D eigenvalue weighted by atomic mass is 9.96. The fourth-order valence-corrected chi connectivity index (χ4v) is 3.23. The summed E-state index contributed by atoms with van der Waals surface area (Å²) in [6, 6.07) is 8.17. The lowest BCUT2D eigenvalue weighted by Crippen LogP contribution is -2.37. The molecule has 1 aromatic rings. The summed E-state index contributed by atoms with van der Waals surface area (Å²) >= 11 is 0. The van der Waals surface area contributed by atoms with E-state index in [-0.39, 0.29) is 17.2 Å². The fourth-order valence-electron chi connectivity index (χ4n) is 3.23. The molecule has 0 atom stereocenters. The van der Waals surface area contributed by atoms with Crippen molar-refractivity contribution >= 4 is 11.8 Å². The van der Waals surface area contributed by atoms with Crippen LogP contribution < -0.4 is 10.1 Å². The van der Waals surface area contributed by atoms with Crippen LogP contribution >= 0.6 is 0 Å². The van der Waals surface area contributed by atoms with Gasteiger partial charge < -0.3 is 15.0 Å². The first-order valence-electron chi connectivity index (χ1n) is 10.2. The Labute approximate surface area is 169 Å². The Morgan fingerprint density at radius 1 is 1.07 bits per heavy atom. The van der Waals surface area contributed by atoms with Crippen LogP contribution in [0.1, 0.15) is 45.6 Å². The summed E-state index contributed by atoms with van der Waals surface area (Å²) in [7, 11) is 1.67. The van der Waals surface area contributed by atoms with E-state index in [4.69, 9.17) is 4.74 Å². The van der Waals surface area contributed by atoms with Crippen LogP contribution in [0.5, 0.6) is 5.75 Å². The molecular formula is C22H35N3O3. The van der Waals surface area contributed by atoms with E-state index >= 15 is 0 Å². The molecule has 0 saturated carbocycles. The van der Waals surface area contributed by atoms with E-state index in [2.05, 4.69) is 22.3 Å². The Morgan fingerprint density at radius 2 is 1.79 bits per heavy atom. The van der Waals surface area contributed by atoms with Crippen LogP contribution in [0.2, 0.25) is 0 Å². The molecule has 1 N–H and O–H groups in total. The molecular weight excluding hydrogens is 354 g/mol. The molecule has 28 heavy (non-hydrogen) atoms. The molecule has 0 unspecified atom stereocenters. The molecule has 156 valence electrons. The number of nitrogens with zero attached hydrogens (tertiary/aromatic N) is 2. The SMILES string of the molecule is COc1ccc(CN2CCCN(C(=O)CCCNC(=O)C(C)(C)C)CC2)cc1. The fraction of sp³-hybridized carbons (Fsp3) is 0.636. The number of amides is 2. The van der Waals surface area contributed by atoms with Crippen LogP contribution in [0.3, 0.4) is 0 Å². The van der Waals surface area contributed by atoms with Gasteiger partial charge in [-0.3, -0.25) is 14.5 Å². The zero-order valence-corrected chi connectivity index (χ0v) is 17.8. The number of nitrogens with one attached hydrogen (secondary N) is 1. The summed E-state index contributed by atoms with van der Waals surface area (Å²) < 4.78 is 5.21. The highest BCUT2D eigenvalue weighted by Crippen LogP contribution is 2.15. The molecule has 0 bridgehead atoms.